The quantitative estimate of drug-likeness (QED) is 0.900. The highest BCUT2D eigenvalue weighted by molar-refractivity contribution is 6.00. The second kappa shape index (κ2) is 6.01. The SMILES string of the molecule is COc1cc(C)ccc1NC(=O)Nc1cnc(C)cn1. The lowest BCUT2D eigenvalue weighted by Gasteiger charge is -2.11. The van der Waals surface area contributed by atoms with Crippen LogP contribution in [0.3, 0.4) is 0 Å². The molecule has 0 spiro atoms. The van der Waals surface area contributed by atoms with E-state index in [9.17, 15) is 4.79 Å². The van der Waals surface area contributed by atoms with E-state index in [0.29, 0.717) is 17.3 Å². The van der Waals surface area contributed by atoms with Gasteiger partial charge in [0.15, 0.2) is 5.82 Å². The van der Waals surface area contributed by atoms with Crippen LogP contribution in [0.1, 0.15) is 11.3 Å². The Morgan fingerprint density at radius 1 is 1.15 bits per heavy atom. The van der Waals surface area contributed by atoms with Gasteiger partial charge in [-0.05, 0) is 31.5 Å². The van der Waals surface area contributed by atoms with Gasteiger partial charge in [0.05, 0.1) is 30.9 Å². The molecule has 104 valence electrons. The minimum atomic E-state index is -0.398. The highest BCUT2D eigenvalue weighted by Crippen LogP contribution is 2.25. The Hall–Kier alpha value is -2.63. The monoisotopic (exact) mass is 272 g/mol. The molecule has 6 nitrogen and oxygen atoms in total. The van der Waals surface area contributed by atoms with E-state index in [0.717, 1.165) is 11.3 Å². The maximum atomic E-state index is 11.9. The van der Waals surface area contributed by atoms with Crippen LogP contribution in [-0.2, 0) is 0 Å². The van der Waals surface area contributed by atoms with Crippen molar-refractivity contribution in [3.63, 3.8) is 0 Å². The summed E-state index contributed by atoms with van der Waals surface area (Å²) in [7, 11) is 1.56. The Balaban J connectivity index is 2.06. The molecule has 20 heavy (non-hydrogen) atoms. The molecule has 6 heteroatoms. The van der Waals surface area contributed by atoms with Crippen molar-refractivity contribution in [2.75, 3.05) is 17.7 Å². The minimum Gasteiger partial charge on any atom is -0.495 e. The molecule has 1 aromatic carbocycles. The molecule has 0 aliphatic carbocycles. The highest BCUT2D eigenvalue weighted by Gasteiger charge is 2.08. The molecule has 0 unspecified atom stereocenters. The molecule has 1 heterocycles. The highest BCUT2D eigenvalue weighted by atomic mass is 16.5. The number of carbonyl (C=O) groups is 1. The number of rotatable bonds is 3. The topological polar surface area (TPSA) is 76.1 Å². The molecule has 0 saturated heterocycles. The number of nitrogens with zero attached hydrogens (tertiary/aromatic N) is 2. The molecule has 2 N–H and O–H groups in total. The van der Waals surface area contributed by atoms with Gasteiger partial charge < -0.3 is 10.1 Å². The fourth-order valence-electron chi connectivity index (χ4n) is 1.63. The summed E-state index contributed by atoms with van der Waals surface area (Å²) in [5, 5.41) is 5.31. The number of aromatic nitrogens is 2. The Kier molecular flexibility index (Phi) is 4.14. The van der Waals surface area contributed by atoms with Gasteiger partial charge in [-0.3, -0.25) is 10.3 Å². The number of carbonyl (C=O) groups excluding carboxylic acids is 1. The standard InChI is InChI=1S/C14H16N4O2/c1-9-4-5-11(12(6-9)20-3)17-14(19)18-13-8-15-10(2)7-16-13/h4-8H,1-3H3,(H2,16,17,18,19). The zero-order valence-electron chi connectivity index (χ0n) is 11.6. The number of benzene rings is 1. The van der Waals surface area contributed by atoms with Crippen molar-refractivity contribution in [2.24, 2.45) is 0 Å². The van der Waals surface area contributed by atoms with Crippen LogP contribution in [-0.4, -0.2) is 23.1 Å². The second-order valence-corrected chi connectivity index (χ2v) is 4.33. The summed E-state index contributed by atoms with van der Waals surface area (Å²) in [6.07, 6.45) is 3.09. The smallest absolute Gasteiger partial charge is 0.324 e. The van der Waals surface area contributed by atoms with Gasteiger partial charge in [0.1, 0.15) is 5.75 Å². The van der Waals surface area contributed by atoms with Gasteiger partial charge in [0.2, 0.25) is 0 Å². The van der Waals surface area contributed by atoms with Crippen LogP contribution >= 0.6 is 0 Å². The third-order valence-electron chi connectivity index (χ3n) is 2.63. The van der Waals surface area contributed by atoms with Crippen molar-refractivity contribution in [3.05, 3.63) is 41.9 Å². The van der Waals surface area contributed by atoms with E-state index >= 15 is 0 Å². The predicted molar refractivity (Wildman–Crippen MR) is 77.1 cm³/mol. The first-order valence-corrected chi connectivity index (χ1v) is 6.10. The first-order chi connectivity index (χ1) is 9.58. The molecule has 0 aliphatic heterocycles. The molecule has 0 bridgehead atoms. The van der Waals surface area contributed by atoms with Gasteiger partial charge in [-0.2, -0.15) is 0 Å². The van der Waals surface area contributed by atoms with Crippen molar-refractivity contribution in [1.29, 1.82) is 0 Å². The van der Waals surface area contributed by atoms with Gasteiger partial charge in [0.25, 0.3) is 0 Å². The van der Waals surface area contributed by atoms with Crippen LogP contribution in [0.4, 0.5) is 16.3 Å². The molecule has 1 aromatic heterocycles. The molecule has 0 aliphatic rings. The Labute approximate surface area is 117 Å². The molecule has 0 fully saturated rings. The average Bonchev–Trinajstić information content (AvgIpc) is 2.43. The lowest BCUT2D eigenvalue weighted by molar-refractivity contribution is 0.262. The first kappa shape index (κ1) is 13.8. The summed E-state index contributed by atoms with van der Waals surface area (Å²) < 4.78 is 5.22. The third-order valence-corrected chi connectivity index (χ3v) is 2.63. The van der Waals surface area contributed by atoms with Crippen molar-refractivity contribution >= 4 is 17.5 Å². The van der Waals surface area contributed by atoms with E-state index in [1.807, 2.05) is 26.0 Å². The summed E-state index contributed by atoms with van der Waals surface area (Å²) in [5.74, 6) is 0.995. The van der Waals surface area contributed by atoms with Crippen LogP contribution in [0.15, 0.2) is 30.6 Å². The third kappa shape index (κ3) is 3.44. The number of ether oxygens (including phenoxy) is 1. The summed E-state index contributed by atoms with van der Waals surface area (Å²) in [4.78, 5) is 20.0. The first-order valence-electron chi connectivity index (χ1n) is 6.10. The molecular weight excluding hydrogens is 256 g/mol. The van der Waals surface area contributed by atoms with E-state index in [2.05, 4.69) is 20.6 Å². The number of hydrogen-bond acceptors (Lipinski definition) is 4. The van der Waals surface area contributed by atoms with Crippen LogP contribution in [0.5, 0.6) is 5.75 Å². The summed E-state index contributed by atoms with van der Waals surface area (Å²) in [6.45, 7) is 3.78. The van der Waals surface area contributed by atoms with Crippen molar-refractivity contribution in [2.45, 2.75) is 13.8 Å². The van der Waals surface area contributed by atoms with Gasteiger partial charge >= 0.3 is 6.03 Å². The van der Waals surface area contributed by atoms with Gasteiger partial charge in [-0.25, -0.2) is 9.78 Å². The number of anilines is 2. The fraction of sp³-hybridized carbons (Fsp3) is 0.214. The summed E-state index contributed by atoms with van der Waals surface area (Å²) >= 11 is 0. The number of aryl methyl sites for hydroxylation is 2. The minimum absolute atomic E-state index is 0.388. The van der Waals surface area contributed by atoms with Gasteiger partial charge in [0, 0.05) is 0 Å². The zero-order chi connectivity index (χ0) is 14.5. The molecule has 0 atom stereocenters. The lowest BCUT2D eigenvalue weighted by atomic mass is 10.2. The van der Waals surface area contributed by atoms with E-state index in [-0.39, 0.29) is 0 Å². The Bertz CT molecular complexity index is 611. The molecule has 2 amide bonds. The molecule has 0 saturated carbocycles. The summed E-state index contributed by atoms with van der Waals surface area (Å²) in [5.41, 5.74) is 2.43. The van der Waals surface area contributed by atoms with Crippen LogP contribution < -0.4 is 15.4 Å². The second-order valence-electron chi connectivity index (χ2n) is 4.33. The van der Waals surface area contributed by atoms with Crippen LogP contribution in [0.2, 0.25) is 0 Å². The molecule has 2 rings (SSSR count). The maximum Gasteiger partial charge on any atom is 0.324 e. The number of methoxy groups -OCH3 is 1. The summed E-state index contributed by atoms with van der Waals surface area (Å²) in [6, 6.07) is 5.13. The van der Waals surface area contributed by atoms with E-state index < -0.39 is 6.03 Å². The normalized spacial score (nSPS) is 9.95. The Morgan fingerprint density at radius 3 is 2.60 bits per heavy atom. The van der Waals surface area contributed by atoms with Crippen molar-refractivity contribution < 1.29 is 9.53 Å². The number of amides is 2. The van der Waals surface area contributed by atoms with Gasteiger partial charge in [-0.1, -0.05) is 6.07 Å². The largest absolute Gasteiger partial charge is 0.495 e. The number of urea groups is 1. The lowest BCUT2D eigenvalue weighted by Crippen LogP contribution is -2.20. The van der Waals surface area contributed by atoms with Gasteiger partial charge in [-0.15, -0.1) is 0 Å². The van der Waals surface area contributed by atoms with E-state index in [1.165, 1.54) is 6.20 Å². The fourth-order valence-corrected chi connectivity index (χ4v) is 1.63. The molecule has 0 radical (unpaired) electrons. The Morgan fingerprint density at radius 2 is 1.95 bits per heavy atom. The van der Waals surface area contributed by atoms with Crippen molar-refractivity contribution in [1.82, 2.24) is 9.97 Å². The molecule has 2 aromatic rings. The molecular formula is C14H16N4O2. The predicted octanol–water partition coefficient (Wildman–Crippen LogP) is 2.75. The number of nitrogens with one attached hydrogen (secondary N) is 2. The zero-order valence-corrected chi connectivity index (χ0v) is 11.6. The van der Waals surface area contributed by atoms with Crippen molar-refractivity contribution in [3.8, 4) is 5.75 Å². The van der Waals surface area contributed by atoms with Crippen LogP contribution in [0.25, 0.3) is 0 Å². The van der Waals surface area contributed by atoms with E-state index in [1.54, 1.807) is 19.4 Å². The van der Waals surface area contributed by atoms with E-state index in [4.69, 9.17) is 4.74 Å². The number of hydrogen-bond donors (Lipinski definition) is 2. The van der Waals surface area contributed by atoms with Crippen LogP contribution in [0, 0.1) is 13.8 Å². The average molecular weight is 272 g/mol. The maximum absolute atomic E-state index is 11.9.